The number of likely N-dealkylation sites (N-methyl/N-ethyl adjacent to an activating group) is 1. The molecule has 0 unspecified atom stereocenters. The van der Waals surface area contributed by atoms with Crippen LogP contribution in [0.3, 0.4) is 0 Å². The third-order valence-electron chi connectivity index (χ3n) is 5.44. The first-order chi connectivity index (χ1) is 14.6. The fraction of sp³-hybridized carbons (Fsp3) is 0.174. The summed E-state index contributed by atoms with van der Waals surface area (Å²) < 4.78 is 5.82. The number of carbonyl (C=O) groups is 1. The fourth-order valence-corrected chi connectivity index (χ4v) is 3.93. The van der Waals surface area contributed by atoms with Crippen LogP contribution in [0.2, 0.25) is 0 Å². The number of fused-ring (bicyclic) bond motifs is 2. The number of furan rings is 1. The summed E-state index contributed by atoms with van der Waals surface area (Å²) in [5.74, 6) is 1.31. The van der Waals surface area contributed by atoms with E-state index in [1.165, 1.54) is 5.56 Å². The number of primary amides is 1. The van der Waals surface area contributed by atoms with Gasteiger partial charge >= 0.3 is 0 Å². The van der Waals surface area contributed by atoms with Crippen LogP contribution in [0.5, 0.6) is 0 Å². The van der Waals surface area contributed by atoms with Gasteiger partial charge in [-0.05, 0) is 11.6 Å². The van der Waals surface area contributed by atoms with Crippen molar-refractivity contribution in [2.24, 2.45) is 5.73 Å². The van der Waals surface area contributed by atoms with Crippen molar-refractivity contribution in [3.8, 4) is 11.6 Å². The summed E-state index contributed by atoms with van der Waals surface area (Å²) in [4.78, 5) is 23.5. The number of rotatable bonds is 5. The standard InChI is InChI=1S/C23H21N5O2/c1-28-11-10-18-19(28)22(25-12-14-6-3-2-4-7-14)27-23(26-18)20-15-8-5-9-16(21(24)29)17(15)13-30-20/h2-9,13H,10-12H2,1H3,(H2,24,29)(H,25,26,27). The lowest BCUT2D eigenvalue weighted by Gasteiger charge is -2.17. The van der Waals surface area contributed by atoms with Crippen LogP contribution < -0.4 is 16.0 Å². The summed E-state index contributed by atoms with van der Waals surface area (Å²) in [5, 5.41) is 4.90. The molecule has 3 heterocycles. The first-order valence-corrected chi connectivity index (χ1v) is 9.82. The molecule has 0 fully saturated rings. The van der Waals surface area contributed by atoms with Gasteiger partial charge in [0.05, 0.1) is 11.3 Å². The molecule has 0 radical (unpaired) electrons. The van der Waals surface area contributed by atoms with Crippen molar-refractivity contribution in [3.63, 3.8) is 0 Å². The van der Waals surface area contributed by atoms with Gasteiger partial charge < -0.3 is 20.4 Å². The number of carbonyl (C=O) groups excluding carboxylic acids is 1. The normalized spacial score (nSPS) is 12.9. The highest BCUT2D eigenvalue weighted by molar-refractivity contribution is 6.08. The van der Waals surface area contributed by atoms with E-state index in [1.807, 2.05) is 31.3 Å². The Labute approximate surface area is 173 Å². The summed E-state index contributed by atoms with van der Waals surface area (Å²) in [6.07, 6.45) is 2.39. The van der Waals surface area contributed by atoms with Gasteiger partial charge in [-0.15, -0.1) is 0 Å². The largest absolute Gasteiger partial charge is 0.460 e. The zero-order valence-corrected chi connectivity index (χ0v) is 16.6. The van der Waals surface area contributed by atoms with Crippen LogP contribution >= 0.6 is 0 Å². The third-order valence-corrected chi connectivity index (χ3v) is 5.44. The highest BCUT2D eigenvalue weighted by Gasteiger charge is 2.26. The van der Waals surface area contributed by atoms with E-state index in [-0.39, 0.29) is 0 Å². The molecule has 30 heavy (non-hydrogen) atoms. The Morgan fingerprint density at radius 2 is 1.97 bits per heavy atom. The molecule has 0 saturated heterocycles. The van der Waals surface area contributed by atoms with E-state index < -0.39 is 5.91 Å². The van der Waals surface area contributed by atoms with Crippen molar-refractivity contribution in [3.05, 3.63) is 71.6 Å². The lowest BCUT2D eigenvalue weighted by molar-refractivity contribution is 0.100. The maximum absolute atomic E-state index is 11.8. The summed E-state index contributed by atoms with van der Waals surface area (Å²) in [5.41, 5.74) is 9.10. The summed E-state index contributed by atoms with van der Waals surface area (Å²) in [6.45, 7) is 1.54. The molecule has 7 nitrogen and oxygen atoms in total. The van der Waals surface area contributed by atoms with E-state index >= 15 is 0 Å². The first-order valence-electron chi connectivity index (χ1n) is 9.82. The van der Waals surface area contributed by atoms with E-state index in [4.69, 9.17) is 20.1 Å². The summed E-state index contributed by atoms with van der Waals surface area (Å²) >= 11 is 0. The molecule has 150 valence electrons. The van der Waals surface area contributed by atoms with Crippen LogP contribution in [0.1, 0.15) is 21.6 Å². The minimum Gasteiger partial charge on any atom is -0.460 e. The Morgan fingerprint density at radius 3 is 2.77 bits per heavy atom. The Kier molecular flexibility index (Phi) is 4.35. The van der Waals surface area contributed by atoms with E-state index in [0.29, 0.717) is 29.1 Å². The number of anilines is 2. The van der Waals surface area contributed by atoms with Crippen molar-refractivity contribution in [2.45, 2.75) is 13.0 Å². The van der Waals surface area contributed by atoms with Crippen LogP contribution in [0.15, 0.2) is 59.2 Å². The molecule has 1 aliphatic heterocycles. The molecule has 1 aliphatic rings. The molecule has 0 atom stereocenters. The average Bonchev–Trinajstić information content (AvgIpc) is 3.36. The molecule has 0 aliphatic carbocycles. The Bertz CT molecular complexity index is 1250. The predicted octanol–water partition coefficient (Wildman–Crippen LogP) is 3.59. The van der Waals surface area contributed by atoms with Crippen LogP contribution in [0.4, 0.5) is 11.5 Å². The summed E-state index contributed by atoms with van der Waals surface area (Å²) in [7, 11) is 2.05. The van der Waals surface area contributed by atoms with Crippen LogP contribution in [-0.4, -0.2) is 29.5 Å². The van der Waals surface area contributed by atoms with Gasteiger partial charge in [-0.3, -0.25) is 4.79 Å². The lowest BCUT2D eigenvalue weighted by Crippen LogP contribution is -2.15. The molecule has 2 aromatic carbocycles. The molecule has 4 aromatic rings. The number of hydrogen-bond donors (Lipinski definition) is 2. The Balaban J connectivity index is 1.59. The molecular formula is C23H21N5O2. The van der Waals surface area contributed by atoms with Gasteiger partial charge in [-0.2, -0.15) is 0 Å². The van der Waals surface area contributed by atoms with Gasteiger partial charge in [0.1, 0.15) is 12.0 Å². The van der Waals surface area contributed by atoms with Crippen molar-refractivity contribution < 1.29 is 9.21 Å². The molecule has 0 spiro atoms. The highest BCUT2D eigenvalue weighted by Crippen LogP contribution is 2.37. The number of aromatic nitrogens is 2. The molecular weight excluding hydrogens is 378 g/mol. The molecule has 0 saturated carbocycles. The van der Waals surface area contributed by atoms with E-state index in [9.17, 15) is 4.79 Å². The van der Waals surface area contributed by atoms with Crippen molar-refractivity contribution >= 4 is 28.2 Å². The second kappa shape index (κ2) is 7.18. The number of nitrogens with zero attached hydrogens (tertiary/aromatic N) is 3. The van der Waals surface area contributed by atoms with Gasteiger partial charge in [0, 0.05) is 37.3 Å². The van der Waals surface area contributed by atoms with E-state index in [0.717, 1.165) is 35.6 Å². The maximum atomic E-state index is 11.8. The zero-order chi connectivity index (χ0) is 20.7. The van der Waals surface area contributed by atoms with Gasteiger partial charge in [0.2, 0.25) is 5.91 Å². The lowest BCUT2D eigenvalue weighted by atomic mass is 10.1. The Morgan fingerprint density at radius 1 is 1.13 bits per heavy atom. The molecule has 3 N–H and O–H groups in total. The summed E-state index contributed by atoms with van der Waals surface area (Å²) in [6, 6.07) is 15.6. The van der Waals surface area contributed by atoms with Crippen LogP contribution in [0.25, 0.3) is 22.4 Å². The second-order valence-electron chi connectivity index (χ2n) is 7.40. The fourth-order valence-electron chi connectivity index (χ4n) is 3.93. The maximum Gasteiger partial charge on any atom is 0.249 e. The molecule has 7 heteroatoms. The van der Waals surface area contributed by atoms with E-state index in [1.54, 1.807) is 18.4 Å². The second-order valence-corrected chi connectivity index (χ2v) is 7.40. The first kappa shape index (κ1) is 18.2. The van der Waals surface area contributed by atoms with Gasteiger partial charge in [0.15, 0.2) is 17.4 Å². The van der Waals surface area contributed by atoms with Gasteiger partial charge in [-0.1, -0.05) is 42.5 Å². The number of amides is 1. The van der Waals surface area contributed by atoms with Gasteiger partial charge in [0.25, 0.3) is 0 Å². The number of nitrogens with two attached hydrogens (primary N) is 1. The van der Waals surface area contributed by atoms with Crippen LogP contribution in [0, 0.1) is 0 Å². The minimum absolute atomic E-state index is 0.422. The molecule has 1 amide bonds. The predicted molar refractivity (Wildman–Crippen MR) is 117 cm³/mol. The zero-order valence-electron chi connectivity index (χ0n) is 16.6. The Hall–Kier alpha value is -3.87. The smallest absolute Gasteiger partial charge is 0.249 e. The molecule has 0 bridgehead atoms. The average molecular weight is 399 g/mol. The quantitative estimate of drug-likeness (QED) is 0.532. The molecule has 5 rings (SSSR count). The van der Waals surface area contributed by atoms with Gasteiger partial charge in [-0.25, -0.2) is 9.97 Å². The van der Waals surface area contributed by atoms with Crippen molar-refractivity contribution in [1.29, 1.82) is 0 Å². The number of benzene rings is 2. The van der Waals surface area contributed by atoms with Crippen LogP contribution in [-0.2, 0) is 13.0 Å². The SMILES string of the molecule is CN1CCc2nc(-c3occ4c(C(N)=O)cccc34)nc(NCc3ccccc3)c21. The minimum atomic E-state index is -0.491. The van der Waals surface area contributed by atoms with Crippen molar-refractivity contribution in [1.82, 2.24) is 9.97 Å². The highest BCUT2D eigenvalue weighted by atomic mass is 16.3. The number of hydrogen-bond acceptors (Lipinski definition) is 6. The number of nitrogens with one attached hydrogen (secondary N) is 1. The molecule has 2 aromatic heterocycles. The van der Waals surface area contributed by atoms with E-state index in [2.05, 4.69) is 22.3 Å². The monoisotopic (exact) mass is 399 g/mol. The topological polar surface area (TPSA) is 97.3 Å². The third kappa shape index (κ3) is 3.04. The van der Waals surface area contributed by atoms with Crippen molar-refractivity contribution in [2.75, 3.05) is 23.8 Å².